The monoisotopic (exact) mass is 385 g/mol. The Balaban J connectivity index is 1.81. The molecule has 0 aliphatic carbocycles. The fraction of sp³-hybridized carbons (Fsp3) is 0.158. The molecule has 3 aromatic rings. The zero-order chi connectivity index (χ0) is 19.6. The first-order valence-corrected chi connectivity index (χ1v) is 8.48. The summed E-state index contributed by atoms with van der Waals surface area (Å²) in [5.74, 6) is -1.31. The molecule has 0 spiro atoms. The minimum atomic E-state index is -1.07. The number of benzene rings is 2. The van der Waals surface area contributed by atoms with Gasteiger partial charge in [-0.2, -0.15) is 5.10 Å². The molecule has 0 saturated carbocycles. The summed E-state index contributed by atoms with van der Waals surface area (Å²) < 4.78 is 6.31. The van der Waals surface area contributed by atoms with Gasteiger partial charge in [-0.05, 0) is 31.2 Å². The topological polar surface area (TPSA) is 90.3 Å². The van der Waals surface area contributed by atoms with Crippen LogP contribution in [0.15, 0.2) is 53.3 Å². The lowest BCUT2D eigenvalue weighted by Crippen LogP contribution is -2.31. The Labute approximate surface area is 159 Å². The lowest BCUT2D eigenvalue weighted by Gasteiger charge is -2.14. The first-order valence-electron chi connectivity index (χ1n) is 8.10. The highest BCUT2D eigenvalue weighted by Gasteiger charge is 2.23. The van der Waals surface area contributed by atoms with Crippen molar-refractivity contribution in [3.8, 4) is 0 Å². The van der Waals surface area contributed by atoms with E-state index < -0.39 is 18.0 Å². The lowest BCUT2D eigenvalue weighted by molar-refractivity contribution is -0.123. The zero-order valence-electron chi connectivity index (χ0n) is 14.6. The van der Waals surface area contributed by atoms with Gasteiger partial charge in [0.05, 0.1) is 5.39 Å². The average molecular weight is 386 g/mol. The smallest absolute Gasteiger partial charge is 0.360 e. The van der Waals surface area contributed by atoms with Crippen LogP contribution in [-0.4, -0.2) is 27.8 Å². The zero-order valence-corrected chi connectivity index (χ0v) is 15.4. The van der Waals surface area contributed by atoms with Crippen LogP contribution in [0, 0.1) is 0 Å². The number of anilines is 1. The van der Waals surface area contributed by atoms with E-state index in [0.29, 0.717) is 21.5 Å². The van der Waals surface area contributed by atoms with Crippen LogP contribution in [-0.2, 0) is 16.6 Å². The molecule has 0 bridgehead atoms. The van der Waals surface area contributed by atoms with Crippen molar-refractivity contribution in [2.75, 3.05) is 5.32 Å². The molecule has 7 nitrogen and oxygen atoms in total. The largest absolute Gasteiger partial charge is 0.448 e. The van der Waals surface area contributed by atoms with E-state index >= 15 is 0 Å². The van der Waals surface area contributed by atoms with Gasteiger partial charge in [0.25, 0.3) is 11.5 Å². The number of rotatable bonds is 4. The third-order valence-corrected chi connectivity index (χ3v) is 4.13. The van der Waals surface area contributed by atoms with E-state index in [1.807, 2.05) is 0 Å². The quantitative estimate of drug-likeness (QED) is 0.697. The SMILES string of the molecule is C[C@@H](OC(=O)c1nn(C)c(=O)c2ccccc12)C(=O)Nc1cccc(Cl)c1. The van der Waals surface area contributed by atoms with Crippen LogP contribution in [0.4, 0.5) is 5.69 Å². The number of aryl methyl sites for hydroxylation is 1. The van der Waals surface area contributed by atoms with Gasteiger partial charge in [0.2, 0.25) is 0 Å². The summed E-state index contributed by atoms with van der Waals surface area (Å²) >= 11 is 5.88. The summed E-state index contributed by atoms with van der Waals surface area (Å²) in [6.07, 6.45) is -1.07. The van der Waals surface area contributed by atoms with E-state index in [-0.39, 0.29) is 11.3 Å². The van der Waals surface area contributed by atoms with Crippen LogP contribution in [0.2, 0.25) is 5.02 Å². The van der Waals surface area contributed by atoms with Crippen molar-refractivity contribution in [3.63, 3.8) is 0 Å². The van der Waals surface area contributed by atoms with E-state index in [2.05, 4.69) is 10.4 Å². The molecule has 0 saturated heterocycles. The van der Waals surface area contributed by atoms with Crippen molar-refractivity contribution >= 4 is 39.9 Å². The van der Waals surface area contributed by atoms with Gasteiger partial charge in [0.1, 0.15) is 0 Å². The van der Waals surface area contributed by atoms with E-state index in [1.165, 1.54) is 14.0 Å². The second-order valence-corrected chi connectivity index (χ2v) is 6.31. The lowest BCUT2D eigenvalue weighted by atomic mass is 10.1. The maximum Gasteiger partial charge on any atom is 0.360 e. The molecule has 1 N–H and O–H groups in total. The second kappa shape index (κ2) is 7.59. The molecule has 138 valence electrons. The molecular weight excluding hydrogens is 370 g/mol. The Morgan fingerprint density at radius 3 is 2.56 bits per heavy atom. The van der Waals surface area contributed by atoms with Crippen molar-refractivity contribution in [2.24, 2.45) is 7.05 Å². The molecule has 27 heavy (non-hydrogen) atoms. The summed E-state index contributed by atoms with van der Waals surface area (Å²) in [5.41, 5.74) is 0.130. The Morgan fingerprint density at radius 2 is 1.85 bits per heavy atom. The number of aromatic nitrogens is 2. The summed E-state index contributed by atoms with van der Waals surface area (Å²) in [7, 11) is 1.45. The van der Waals surface area contributed by atoms with Gasteiger partial charge in [-0.15, -0.1) is 0 Å². The third-order valence-electron chi connectivity index (χ3n) is 3.90. The minimum absolute atomic E-state index is 0.0323. The van der Waals surface area contributed by atoms with Crippen molar-refractivity contribution in [3.05, 3.63) is 69.6 Å². The summed E-state index contributed by atoms with van der Waals surface area (Å²) in [4.78, 5) is 36.9. The van der Waals surface area contributed by atoms with Crippen LogP contribution in [0.3, 0.4) is 0 Å². The van der Waals surface area contributed by atoms with Crippen LogP contribution in [0.25, 0.3) is 10.8 Å². The minimum Gasteiger partial charge on any atom is -0.448 e. The number of amides is 1. The predicted molar refractivity (Wildman–Crippen MR) is 102 cm³/mol. The molecule has 0 fully saturated rings. The normalized spacial score (nSPS) is 11.8. The van der Waals surface area contributed by atoms with Gasteiger partial charge < -0.3 is 10.1 Å². The molecule has 8 heteroatoms. The second-order valence-electron chi connectivity index (χ2n) is 5.87. The molecule has 1 amide bonds. The number of hydrogen-bond acceptors (Lipinski definition) is 5. The van der Waals surface area contributed by atoms with Crippen molar-refractivity contribution in [1.29, 1.82) is 0 Å². The highest BCUT2D eigenvalue weighted by Crippen LogP contribution is 2.17. The van der Waals surface area contributed by atoms with Crippen molar-refractivity contribution < 1.29 is 14.3 Å². The number of fused-ring (bicyclic) bond motifs is 1. The number of halogens is 1. The van der Waals surface area contributed by atoms with Crippen molar-refractivity contribution in [1.82, 2.24) is 9.78 Å². The Morgan fingerprint density at radius 1 is 1.15 bits per heavy atom. The Kier molecular flexibility index (Phi) is 5.23. The van der Waals surface area contributed by atoms with Gasteiger partial charge in [-0.25, -0.2) is 9.48 Å². The fourth-order valence-electron chi connectivity index (χ4n) is 2.53. The maximum absolute atomic E-state index is 12.5. The molecule has 2 aromatic carbocycles. The first-order chi connectivity index (χ1) is 12.9. The molecule has 3 rings (SSSR count). The van der Waals surface area contributed by atoms with Crippen molar-refractivity contribution in [2.45, 2.75) is 13.0 Å². The van der Waals surface area contributed by atoms with Gasteiger partial charge in [-0.3, -0.25) is 9.59 Å². The standard InChI is InChI=1S/C19H16ClN3O4/c1-11(17(24)21-13-7-5-6-12(20)10-13)27-19(26)16-14-8-3-4-9-15(14)18(25)23(2)22-16/h3-11H,1-2H3,(H,21,24)/t11-/m1/s1. The molecule has 1 aromatic heterocycles. The van der Waals surface area contributed by atoms with Gasteiger partial charge in [0, 0.05) is 23.1 Å². The fourth-order valence-corrected chi connectivity index (χ4v) is 2.72. The van der Waals surface area contributed by atoms with Crippen LogP contribution in [0.5, 0.6) is 0 Å². The van der Waals surface area contributed by atoms with E-state index in [4.69, 9.17) is 16.3 Å². The maximum atomic E-state index is 12.5. The average Bonchev–Trinajstić information content (AvgIpc) is 2.64. The summed E-state index contributed by atoms with van der Waals surface area (Å²) in [6.45, 7) is 1.45. The van der Waals surface area contributed by atoms with Gasteiger partial charge in [0.15, 0.2) is 11.8 Å². The van der Waals surface area contributed by atoms with E-state index in [1.54, 1.807) is 48.5 Å². The molecule has 0 aliphatic rings. The summed E-state index contributed by atoms with van der Waals surface area (Å²) in [5, 5.41) is 7.79. The van der Waals surface area contributed by atoms with Crippen LogP contribution in [0.1, 0.15) is 17.4 Å². The third kappa shape index (κ3) is 3.98. The summed E-state index contributed by atoms with van der Waals surface area (Å²) in [6, 6.07) is 13.2. The Hall–Kier alpha value is -3.19. The number of ether oxygens (including phenoxy) is 1. The number of nitrogens with zero attached hydrogens (tertiary/aromatic N) is 2. The van der Waals surface area contributed by atoms with E-state index in [0.717, 1.165) is 4.68 Å². The molecular formula is C19H16ClN3O4. The van der Waals surface area contributed by atoms with Gasteiger partial charge in [-0.1, -0.05) is 35.9 Å². The molecule has 1 heterocycles. The highest BCUT2D eigenvalue weighted by atomic mass is 35.5. The first kappa shape index (κ1) is 18.6. The molecule has 0 aliphatic heterocycles. The number of hydrogen-bond donors (Lipinski definition) is 1. The van der Waals surface area contributed by atoms with Crippen LogP contribution >= 0.6 is 11.6 Å². The van der Waals surface area contributed by atoms with Crippen LogP contribution < -0.4 is 10.9 Å². The number of carbonyl (C=O) groups excluding carboxylic acids is 2. The van der Waals surface area contributed by atoms with Gasteiger partial charge >= 0.3 is 5.97 Å². The Bertz CT molecular complexity index is 1090. The number of carbonyl (C=O) groups is 2. The van der Waals surface area contributed by atoms with E-state index in [9.17, 15) is 14.4 Å². The molecule has 0 radical (unpaired) electrons. The number of esters is 1. The predicted octanol–water partition coefficient (Wildman–Crippen LogP) is 2.77. The highest BCUT2D eigenvalue weighted by molar-refractivity contribution is 6.30. The number of nitrogens with one attached hydrogen (secondary N) is 1. The molecule has 0 unspecified atom stereocenters. The molecule has 1 atom stereocenters.